The van der Waals surface area contributed by atoms with Crippen molar-refractivity contribution in [3.05, 3.63) is 98.5 Å². The van der Waals surface area contributed by atoms with Crippen molar-refractivity contribution in [1.29, 1.82) is 0 Å². The van der Waals surface area contributed by atoms with Crippen LogP contribution < -0.4 is 9.47 Å². The predicted octanol–water partition coefficient (Wildman–Crippen LogP) is 5.78. The lowest BCUT2D eigenvalue weighted by Gasteiger charge is -2.26. The number of methoxy groups -OCH3 is 2. The number of amides is 1. The molecule has 0 unspecified atom stereocenters. The number of ketones is 1. The van der Waals surface area contributed by atoms with Crippen molar-refractivity contribution in [2.24, 2.45) is 0 Å². The summed E-state index contributed by atoms with van der Waals surface area (Å²) in [5.41, 5.74) is 1.91. The van der Waals surface area contributed by atoms with Gasteiger partial charge in [-0.1, -0.05) is 63.9 Å². The van der Waals surface area contributed by atoms with Gasteiger partial charge in [0.1, 0.15) is 5.76 Å². The van der Waals surface area contributed by atoms with Gasteiger partial charge in [0.2, 0.25) is 0 Å². The molecule has 0 aromatic heterocycles. The number of aliphatic hydroxyl groups excluding tert-OH is 1. The average Bonchev–Trinajstić information content (AvgIpc) is 3.12. The van der Waals surface area contributed by atoms with Crippen LogP contribution >= 0.6 is 27.5 Å². The monoisotopic (exact) mass is 555 g/mol. The Kier molecular flexibility index (Phi) is 7.48. The van der Waals surface area contributed by atoms with E-state index in [2.05, 4.69) is 15.9 Å². The Hall–Kier alpha value is -3.29. The van der Waals surface area contributed by atoms with E-state index in [1.54, 1.807) is 68.8 Å². The zero-order chi connectivity index (χ0) is 25.1. The number of hydrogen-bond acceptors (Lipinski definition) is 5. The van der Waals surface area contributed by atoms with Crippen molar-refractivity contribution >= 4 is 45.0 Å². The van der Waals surface area contributed by atoms with Crippen molar-refractivity contribution in [2.75, 3.05) is 20.8 Å². The average molecular weight is 557 g/mol. The Morgan fingerprint density at radius 3 is 2.34 bits per heavy atom. The van der Waals surface area contributed by atoms with Crippen LogP contribution in [-0.4, -0.2) is 42.5 Å². The Bertz CT molecular complexity index is 1310. The van der Waals surface area contributed by atoms with Crippen molar-refractivity contribution < 1.29 is 24.2 Å². The molecular formula is C27H23BrClNO5. The summed E-state index contributed by atoms with van der Waals surface area (Å²) in [4.78, 5) is 27.8. The fourth-order valence-corrected chi connectivity index (χ4v) is 4.68. The molecule has 0 bridgehead atoms. The molecule has 180 valence electrons. The highest BCUT2D eigenvalue weighted by Gasteiger charge is 2.46. The first-order valence-corrected chi connectivity index (χ1v) is 12.0. The molecule has 0 spiro atoms. The third-order valence-corrected chi connectivity index (χ3v) is 6.82. The fraction of sp³-hybridized carbons (Fsp3) is 0.185. The summed E-state index contributed by atoms with van der Waals surface area (Å²) in [5, 5.41) is 11.5. The smallest absolute Gasteiger partial charge is 0.295 e. The van der Waals surface area contributed by atoms with Gasteiger partial charge in [-0.3, -0.25) is 9.59 Å². The zero-order valence-electron chi connectivity index (χ0n) is 19.1. The molecule has 35 heavy (non-hydrogen) atoms. The number of likely N-dealkylation sites (tertiary alicyclic amines) is 1. The molecule has 1 N–H and O–H groups in total. The molecule has 1 saturated heterocycles. The fourth-order valence-electron chi connectivity index (χ4n) is 4.18. The molecule has 1 amide bonds. The lowest BCUT2D eigenvalue weighted by Crippen LogP contribution is -2.31. The number of halogens is 2. The van der Waals surface area contributed by atoms with Crippen LogP contribution in [0.2, 0.25) is 5.02 Å². The Morgan fingerprint density at radius 2 is 1.69 bits per heavy atom. The molecule has 1 atom stereocenters. The van der Waals surface area contributed by atoms with Crippen LogP contribution in [0.25, 0.3) is 5.76 Å². The van der Waals surface area contributed by atoms with E-state index in [0.717, 1.165) is 10.0 Å². The Labute approximate surface area is 216 Å². The normalized spacial score (nSPS) is 17.0. The van der Waals surface area contributed by atoms with E-state index in [4.69, 9.17) is 21.1 Å². The maximum Gasteiger partial charge on any atom is 0.295 e. The highest BCUT2D eigenvalue weighted by Crippen LogP contribution is 2.42. The number of carbonyl (C=O) groups excluding carboxylic acids is 2. The van der Waals surface area contributed by atoms with Crippen LogP contribution in [0.5, 0.6) is 11.5 Å². The molecule has 1 aliphatic rings. The van der Waals surface area contributed by atoms with Crippen LogP contribution in [0.15, 0.2) is 76.8 Å². The summed E-state index contributed by atoms with van der Waals surface area (Å²) in [7, 11) is 3.12. The second kappa shape index (κ2) is 10.5. The third kappa shape index (κ3) is 4.92. The highest BCUT2D eigenvalue weighted by atomic mass is 79.9. The molecule has 4 rings (SSSR count). The first kappa shape index (κ1) is 24.8. The molecule has 0 aliphatic carbocycles. The third-order valence-electron chi connectivity index (χ3n) is 5.95. The van der Waals surface area contributed by atoms with E-state index in [-0.39, 0.29) is 17.9 Å². The van der Waals surface area contributed by atoms with Gasteiger partial charge in [-0.25, -0.2) is 0 Å². The summed E-state index contributed by atoms with van der Waals surface area (Å²) >= 11 is 9.87. The Balaban J connectivity index is 1.75. The van der Waals surface area contributed by atoms with Gasteiger partial charge in [0, 0.05) is 21.6 Å². The van der Waals surface area contributed by atoms with Gasteiger partial charge in [-0.2, -0.15) is 0 Å². The summed E-state index contributed by atoms with van der Waals surface area (Å²) in [6.45, 7) is 0.229. The van der Waals surface area contributed by atoms with Crippen LogP contribution in [0, 0.1) is 0 Å². The standard InChI is InChI=1S/C27H23BrClNO5/c1-34-21-12-7-16(15-22(21)35-2)13-14-30-24(19-5-3-4-6-20(19)29)23(26(32)27(30)33)25(31)17-8-10-18(28)11-9-17/h3-12,15,24,31H,13-14H2,1-2H3/t24-/m0/s1. The van der Waals surface area contributed by atoms with Crippen molar-refractivity contribution in [2.45, 2.75) is 12.5 Å². The molecule has 3 aromatic rings. The van der Waals surface area contributed by atoms with Crippen molar-refractivity contribution in [1.82, 2.24) is 4.90 Å². The predicted molar refractivity (Wildman–Crippen MR) is 138 cm³/mol. The molecule has 0 saturated carbocycles. The molecule has 1 fully saturated rings. The summed E-state index contributed by atoms with van der Waals surface area (Å²) < 4.78 is 11.5. The van der Waals surface area contributed by atoms with E-state index in [9.17, 15) is 14.7 Å². The number of benzene rings is 3. The van der Waals surface area contributed by atoms with Crippen molar-refractivity contribution in [3.8, 4) is 11.5 Å². The summed E-state index contributed by atoms with van der Waals surface area (Å²) in [5.74, 6) is -0.502. The molecule has 3 aromatic carbocycles. The minimum absolute atomic E-state index is 0.0118. The minimum Gasteiger partial charge on any atom is -0.507 e. The summed E-state index contributed by atoms with van der Waals surface area (Å²) in [6.07, 6.45) is 0.451. The van der Waals surface area contributed by atoms with E-state index in [1.165, 1.54) is 4.90 Å². The van der Waals surface area contributed by atoms with Gasteiger partial charge in [0.15, 0.2) is 11.5 Å². The molecular weight excluding hydrogens is 534 g/mol. The van der Waals surface area contributed by atoms with Crippen LogP contribution in [-0.2, 0) is 16.0 Å². The van der Waals surface area contributed by atoms with Crippen molar-refractivity contribution in [3.63, 3.8) is 0 Å². The molecule has 8 heteroatoms. The van der Waals surface area contributed by atoms with Crippen LogP contribution in [0.3, 0.4) is 0 Å². The van der Waals surface area contributed by atoms with Gasteiger partial charge >= 0.3 is 0 Å². The highest BCUT2D eigenvalue weighted by molar-refractivity contribution is 9.10. The quantitative estimate of drug-likeness (QED) is 0.227. The largest absolute Gasteiger partial charge is 0.507 e. The maximum atomic E-state index is 13.2. The van der Waals surface area contributed by atoms with E-state index >= 15 is 0 Å². The number of aliphatic hydroxyl groups is 1. The molecule has 1 aliphatic heterocycles. The summed E-state index contributed by atoms with van der Waals surface area (Å²) in [6, 6.07) is 18.6. The van der Waals surface area contributed by atoms with E-state index in [0.29, 0.717) is 34.1 Å². The minimum atomic E-state index is -0.826. The number of rotatable bonds is 7. The van der Waals surface area contributed by atoms with E-state index < -0.39 is 17.7 Å². The molecule has 0 radical (unpaired) electrons. The maximum absolute atomic E-state index is 13.2. The number of hydrogen-bond donors (Lipinski definition) is 1. The van der Waals surface area contributed by atoms with Gasteiger partial charge in [0.25, 0.3) is 11.7 Å². The van der Waals surface area contributed by atoms with Gasteiger partial charge in [-0.15, -0.1) is 0 Å². The second-order valence-electron chi connectivity index (χ2n) is 7.96. The first-order valence-electron chi connectivity index (χ1n) is 10.9. The molecule has 1 heterocycles. The first-order chi connectivity index (χ1) is 16.8. The van der Waals surface area contributed by atoms with Gasteiger partial charge in [-0.05, 0) is 47.9 Å². The number of carbonyl (C=O) groups is 2. The second-order valence-corrected chi connectivity index (χ2v) is 9.28. The number of nitrogens with zero attached hydrogens (tertiary/aromatic N) is 1. The SMILES string of the molecule is COc1ccc(CCN2C(=O)C(=O)C(=C(O)c3ccc(Br)cc3)[C@@H]2c2ccccc2Cl)cc1OC. The van der Waals surface area contributed by atoms with Crippen LogP contribution in [0.4, 0.5) is 0 Å². The number of Topliss-reactive ketones (excluding diaryl/α,β-unsaturated/α-hetero) is 1. The lowest BCUT2D eigenvalue weighted by atomic mass is 9.95. The van der Waals surface area contributed by atoms with Gasteiger partial charge in [0.05, 0.1) is 25.8 Å². The number of ether oxygens (including phenoxy) is 2. The lowest BCUT2D eigenvalue weighted by molar-refractivity contribution is -0.139. The zero-order valence-corrected chi connectivity index (χ0v) is 21.5. The molecule has 6 nitrogen and oxygen atoms in total. The topological polar surface area (TPSA) is 76.1 Å². The van der Waals surface area contributed by atoms with Gasteiger partial charge < -0.3 is 19.5 Å². The van der Waals surface area contributed by atoms with E-state index in [1.807, 2.05) is 12.1 Å². The Morgan fingerprint density at radius 1 is 1.00 bits per heavy atom. The van der Waals surface area contributed by atoms with Crippen LogP contribution in [0.1, 0.15) is 22.7 Å².